The molecule has 0 spiro atoms. The molecule has 274 valence electrons. The Labute approximate surface area is 335 Å². The van der Waals surface area contributed by atoms with Gasteiger partial charge >= 0.3 is 0 Å². The fourth-order valence-corrected chi connectivity index (χ4v) is 7.52. The van der Waals surface area contributed by atoms with Crippen molar-refractivity contribution in [2.45, 2.75) is 0 Å². The van der Waals surface area contributed by atoms with Gasteiger partial charge in [-0.2, -0.15) is 0 Å². The Morgan fingerprint density at radius 2 is 0.483 bits per heavy atom. The summed E-state index contributed by atoms with van der Waals surface area (Å²) in [6, 6.07) is 70.6. The first kappa shape index (κ1) is 34.5. The van der Waals surface area contributed by atoms with Crippen molar-refractivity contribution in [3.05, 3.63) is 206 Å². The Hall–Kier alpha value is -7.96. The standard InChI is InChI=1S/C52H34N4O2/c1-5-17-35(18-6-1)41-25-13-15-27-43(41)47-33-39(51-55-53-49(57-51)37-21-9-3-10-22-37)29-31-45(47)46-32-30-40(52-56-54-50(58-52)38-23-11-4-12-24-38)34-48(46)44-28-16-14-26-42(44)36-19-7-2-8-20-36/h1-34H. The van der Waals surface area contributed by atoms with E-state index in [1.54, 1.807) is 0 Å². The van der Waals surface area contributed by atoms with Crippen molar-refractivity contribution in [2.75, 3.05) is 0 Å². The van der Waals surface area contributed by atoms with E-state index in [2.05, 4.69) is 154 Å². The maximum Gasteiger partial charge on any atom is 0.248 e. The van der Waals surface area contributed by atoms with E-state index in [1.165, 1.54) is 0 Å². The molecule has 10 aromatic rings. The average molecular weight is 747 g/mol. The first-order valence-corrected chi connectivity index (χ1v) is 19.1. The molecule has 6 heteroatoms. The fourth-order valence-electron chi connectivity index (χ4n) is 7.52. The highest BCUT2D eigenvalue weighted by molar-refractivity contribution is 6.00. The summed E-state index contributed by atoms with van der Waals surface area (Å²) in [5.74, 6) is 1.83. The monoisotopic (exact) mass is 746 g/mol. The third-order valence-corrected chi connectivity index (χ3v) is 10.3. The molecule has 0 aliphatic carbocycles. The fraction of sp³-hybridized carbons (Fsp3) is 0. The molecule has 0 saturated carbocycles. The average Bonchev–Trinajstić information content (AvgIpc) is 4.02. The van der Waals surface area contributed by atoms with Crippen molar-refractivity contribution < 1.29 is 8.83 Å². The second-order valence-corrected chi connectivity index (χ2v) is 13.9. The molecule has 0 bridgehead atoms. The van der Waals surface area contributed by atoms with Crippen LogP contribution in [0.4, 0.5) is 0 Å². The van der Waals surface area contributed by atoms with E-state index < -0.39 is 0 Å². The van der Waals surface area contributed by atoms with Crippen LogP contribution in [0.5, 0.6) is 0 Å². The minimum atomic E-state index is 0.444. The number of hydrogen-bond donors (Lipinski definition) is 0. The smallest absolute Gasteiger partial charge is 0.248 e. The van der Waals surface area contributed by atoms with E-state index in [4.69, 9.17) is 8.83 Å². The Bertz CT molecular complexity index is 2790. The molecule has 58 heavy (non-hydrogen) atoms. The van der Waals surface area contributed by atoms with E-state index in [1.807, 2.05) is 72.8 Å². The zero-order chi connectivity index (χ0) is 38.7. The largest absolute Gasteiger partial charge is 0.416 e. The molecule has 10 rings (SSSR count). The minimum absolute atomic E-state index is 0.444. The predicted molar refractivity (Wildman–Crippen MR) is 231 cm³/mol. The van der Waals surface area contributed by atoms with Gasteiger partial charge in [0.15, 0.2) is 0 Å². The zero-order valence-corrected chi connectivity index (χ0v) is 31.2. The topological polar surface area (TPSA) is 77.8 Å². The number of aromatic nitrogens is 4. The van der Waals surface area contributed by atoms with Gasteiger partial charge in [-0.25, -0.2) is 0 Å². The van der Waals surface area contributed by atoms with E-state index in [0.29, 0.717) is 23.6 Å². The Kier molecular flexibility index (Phi) is 9.10. The van der Waals surface area contributed by atoms with Gasteiger partial charge in [-0.1, -0.05) is 158 Å². The lowest BCUT2D eigenvalue weighted by Gasteiger charge is -2.20. The van der Waals surface area contributed by atoms with Crippen LogP contribution in [0.1, 0.15) is 0 Å². The molecule has 0 amide bonds. The van der Waals surface area contributed by atoms with Crippen molar-refractivity contribution in [3.63, 3.8) is 0 Å². The maximum atomic E-state index is 6.32. The number of hydrogen-bond acceptors (Lipinski definition) is 6. The van der Waals surface area contributed by atoms with Crippen LogP contribution in [-0.2, 0) is 0 Å². The third kappa shape index (κ3) is 6.69. The van der Waals surface area contributed by atoms with Crippen LogP contribution >= 0.6 is 0 Å². The van der Waals surface area contributed by atoms with Crippen LogP contribution in [0.3, 0.4) is 0 Å². The van der Waals surface area contributed by atoms with Gasteiger partial charge in [0.2, 0.25) is 23.6 Å². The number of rotatable bonds is 9. The van der Waals surface area contributed by atoms with Gasteiger partial charge in [-0.3, -0.25) is 0 Å². The SMILES string of the molecule is c1ccc(-c2nnc(-c3ccc(-c4ccc(-c5nnc(-c6ccccc6)o5)cc4-c4ccccc4-c4ccccc4)c(-c4ccccc4-c4ccccc4)c3)o2)cc1. The van der Waals surface area contributed by atoms with Crippen molar-refractivity contribution in [2.24, 2.45) is 0 Å². The highest BCUT2D eigenvalue weighted by Crippen LogP contribution is 2.46. The van der Waals surface area contributed by atoms with E-state index in [0.717, 1.165) is 77.9 Å². The summed E-state index contributed by atoms with van der Waals surface area (Å²) < 4.78 is 12.6. The molecule has 0 unspecified atom stereocenters. The highest BCUT2D eigenvalue weighted by atomic mass is 16.4. The van der Waals surface area contributed by atoms with Gasteiger partial charge in [0, 0.05) is 22.3 Å². The molecular formula is C52H34N4O2. The molecule has 0 atom stereocenters. The quantitative estimate of drug-likeness (QED) is 0.146. The molecule has 0 aliphatic heterocycles. The van der Waals surface area contributed by atoms with Crippen LogP contribution in [0.2, 0.25) is 0 Å². The summed E-state index contributed by atoms with van der Waals surface area (Å²) in [5, 5.41) is 17.9. The molecule has 0 radical (unpaired) electrons. The summed E-state index contributed by atoms with van der Waals surface area (Å²) in [5.41, 5.74) is 14.1. The molecule has 0 saturated heterocycles. The molecule has 2 aromatic heterocycles. The van der Waals surface area contributed by atoms with E-state index in [9.17, 15) is 0 Å². The maximum absolute atomic E-state index is 6.32. The van der Waals surface area contributed by atoms with E-state index >= 15 is 0 Å². The van der Waals surface area contributed by atoms with Crippen molar-refractivity contribution in [1.29, 1.82) is 0 Å². The summed E-state index contributed by atoms with van der Waals surface area (Å²) in [6.07, 6.45) is 0. The van der Waals surface area contributed by atoms with Crippen LogP contribution < -0.4 is 0 Å². The third-order valence-electron chi connectivity index (χ3n) is 10.3. The summed E-state index contributed by atoms with van der Waals surface area (Å²) in [6.45, 7) is 0. The molecular weight excluding hydrogens is 713 g/mol. The Balaban J connectivity index is 1.20. The van der Waals surface area contributed by atoms with E-state index in [-0.39, 0.29) is 0 Å². The highest BCUT2D eigenvalue weighted by Gasteiger charge is 2.22. The summed E-state index contributed by atoms with van der Waals surface area (Å²) in [4.78, 5) is 0. The van der Waals surface area contributed by atoms with Crippen molar-refractivity contribution >= 4 is 0 Å². The normalized spacial score (nSPS) is 11.1. The van der Waals surface area contributed by atoms with Crippen molar-refractivity contribution in [3.8, 4) is 101 Å². The van der Waals surface area contributed by atoms with Crippen LogP contribution in [0.25, 0.3) is 101 Å². The van der Waals surface area contributed by atoms with Crippen LogP contribution in [0, 0.1) is 0 Å². The Morgan fingerprint density at radius 1 is 0.207 bits per heavy atom. The lowest BCUT2D eigenvalue weighted by atomic mass is 9.84. The molecule has 8 aromatic carbocycles. The Morgan fingerprint density at radius 3 is 0.845 bits per heavy atom. The summed E-state index contributed by atoms with van der Waals surface area (Å²) >= 11 is 0. The molecule has 0 N–H and O–H groups in total. The van der Waals surface area contributed by atoms with Gasteiger partial charge in [0.05, 0.1) is 0 Å². The predicted octanol–water partition coefficient (Wildman–Crippen LogP) is 13.5. The van der Waals surface area contributed by atoms with Crippen LogP contribution in [0.15, 0.2) is 215 Å². The van der Waals surface area contributed by atoms with Gasteiger partial charge in [0.1, 0.15) is 0 Å². The zero-order valence-electron chi connectivity index (χ0n) is 31.2. The van der Waals surface area contributed by atoms with Gasteiger partial charge in [-0.15, -0.1) is 20.4 Å². The van der Waals surface area contributed by atoms with Gasteiger partial charge in [-0.05, 0) is 104 Å². The van der Waals surface area contributed by atoms with Crippen LogP contribution in [-0.4, -0.2) is 20.4 Å². The number of benzene rings is 8. The van der Waals surface area contributed by atoms with Gasteiger partial charge in [0.25, 0.3) is 0 Å². The second-order valence-electron chi connectivity index (χ2n) is 13.9. The van der Waals surface area contributed by atoms with Crippen molar-refractivity contribution in [1.82, 2.24) is 20.4 Å². The molecule has 0 aliphatic rings. The first-order valence-electron chi connectivity index (χ1n) is 19.1. The molecule has 0 fully saturated rings. The first-order chi connectivity index (χ1) is 28.8. The second kappa shape index (κ2) is 15.3. The molecule has 2 heterocycles. The lowest BCUT2D eigenvalue weighted by Crippen LogP contribution is -1.95. The number of nitrogens with zero attached hydrogens (tertiary/aromatic N) is 4. The minimum Gasteiger partial charge on any atom is -0.416 e. The lowest BCUT2D eigenvalue weighted by molar-refractivity contribution is 0.584. The summed E-state index contributed by atoms with van der Waals surface area (Å²) in [7, 11) is 0. The van der Waals surface area contributed by atoms with Gasteiger partial charge < -0.3 is 8.83 Å². The molecule has 6 nitrogen and oxygen atoms in total.